The highest BCUT2D eigenvalue weighted by Crippen LogP contribution is 2.29. The maximum absolute atomic E-state index is 12.8. The van der Waals surface area contributed by atoms with Crippen molar-refractivity contribution in [3.05, 3.63) is 18.2 Å². The molecule has 0 aromatic heterocycles. The number of methoxy groups -OCH3 is 2. The molecule has 0 bridgehead atoms. The Morgan fingerprint density at radius 1 is 1.15 bits per heavy atom. The van der Waals surface area contributed by atoms with Crippen molar-refractivity contribution >= 4 is 17.7 Å². The molecule has 2 amide bonds. The fraction of sp³-hybridized carbons (Fsp3) is 0.579. The molecule has 0 radical (unpaired) electrons. The van der Waals surface area contributed by atoms with E-state index in [1.807, 2.05) is 13.8 Å². The predicted molar refractivity (Wildman–Crippen MR) is 101 cm³/mol. The second-order valence-electron chi connectivity index (χ2n) is 7.06. The number of rotatable bonds is 7. The maximum Gasteiger partial charge on any atom is 0.408 e. The number of amides is 2. The molecule has 0 aliphatic heterocycles. The van der Waals surface area contributed by atoms with Crippen LogP contribution in [0.1, 0.15) is 41.0 Å². The summed E-state index contributed by atoms with van der Waals surface area (Å²) in [5.74, 6) is 0.650. The first-order chi connectivity index (χ1) is 12.1. The molecule has 0 aliphatic carbocycles. The second-order valence-corrected chi connectivity index (χ2v) is 7.06. The number of benzene rings is 1. The van der Waals surface area contributed by atoms with Gasteiger partial charge in [-0.3, -0.25) is 4.79 Å². The van der Waals surface area contributed by atoms with Crippen molar-refractivity contribution in [3.63, 3.8) is 0 Å². The number of carbonyl (C=O) groups excluding carboxylic acids is 2. The van der Waals surface area contributed by atoms with Gasteiger partial charge in [-0.15, -0.1) is 0 Å². The van der Waals surface area contributed by atoms with Crippen LogP contribution in [-0.2, 0) is 9.53 Å². The van der Waals surface area contributed by atoms with Gasteiger partial charge in [-0.1, -0.05) is 20.3 Å². The first-order valence-electron chi connectivity index (χ1n) is 8.63. The van der Waals surface area contributed by atoms with Crippen molar-refractivity contribution in [2.75, 3.05) is 19.5 Å². The highest BCUT2D eigenvalue weighted by molar-refractivity contribution is 5.98. The zero-order valence-corrected chi connectivity index (χ0v) is 16.6. The van der Waals surface area contributed by atoms with Gasteiger partial charge >= 0.3 is 6.09 Å². The van der Waals surface area contributed by atoms with E-state index in [-0.39, 0.29) is 11.8 Å². The standard InChI is InChI=1S/C19H30N2O5/c1-8-12(2)16(21-18(23)26-19(3,4)5)17(22)20-14-11-13(24-6)9-10-15(14)25-7/h9-12,16H,8H2,1-7H3,(H,20,22)(H,21,23). The summed E-state index contributed by atoms with van der Waals surface area (Å²) in [5.41, 5.74) is -0.174. The molecule has 2 unspecified atom stereocenters. The number of hydrogen-bond donors (Lipinski definition) is 2. The third kappa shape index (κ3) is 6.46. The zero-order valence-electron chi connectivity index (χ0n) is 16.6. The van der Waals surface area contributed by atoms with Crippen molar-refractivity contribution in [2.45, 2.75) is 52.7 Å². The normalized spacial score (nSPS) is 13.3. The molecule has 0 aliphatic rings. The Balaban J connectivity index is 2.98. The van der Waals surface area contributed by atoms with E-state index < -0.39 is 17.7 Å². The maximum atomic E-state index is 12.8. The molecule has 1 aromatic rings. The lowest BCUT2D eigenvalue weighted by atomic mass is 9.98. The SMILES string of the molecule is CCC(C)C(NC(=O)OC(C)(C)C)C(=O)Nc1cc(OC)ccc1OC. The van der Waals surface area contributed by atoms with E-state index in [0.717, 1.165) is 0 Å². The molecule has 7 nitrogen and oxygen atoms in total. The van der Waals surface area contributed by atoms with Crippen LogP contribution in [0.25, 0.3) is 0 Å². The van der Waals surface area contributed by atoms with Crippen LogP contribution in [0.2, 0.25) is 0 Å². The van der Waals surface area contributed by atoms with Gasteiger partial charge in [-0.05, 0) is 38.8 Å². The summed E-state index contributed by atoms with van der Waals surface area (Å²) < 4.78 is 15.7. The van der Waals surface area contributed by atoms with Gasteiger partial charge in [0, 0.05) is 6.07 Å². The molecule has 2 N–H and O–H groups in total. The third-order valence-electron chi connectivity index (χ3n) is 3.83. The highest BCUT2D eigenvalue weighted by atomic mass is 16.6. The summed E-state index contributed by atoms with van der Waals surface area (Å²) in [4.78, 5) is 24.9. The van der Waals surface area contributed by atoms with E-state index >= 15 is 0 Å². The monoisotopic (exact) mass is 366 g/mol. The molecule has 0 saturated heterocycles. The van der Waals surface area contributed by atoms with Crippen molar-refractivity contribution in [3.8, 4) is 11.5 Å². The van der Waals surface area contributed by atoms with Crippen LogP contribution in [0, 0.1) is 5.92 Å². The van der Waals surface area contributed by atoms with Crippen LogP contribution in [0.3, 0.4) is 0 Å². The molecule has 0 heterocycles. The second kappa shape index (κ2) is 9.31. The average Bonchev–Trinajstić information content (AvgIpc) is 2.57. The summed E-state index contributed by atoms with van der Waals surface area (Å²) in [6.45, 7) is 9.16. The molecule has 1 rings (SSSR count). The van der Waals surface area contributed by atoms with E-state index in [1.165, 1.54) is 7.11 Å². The molecule has 1 aromatic carbocycles. The third-order valence-corrected chi connectivity index (χ3v) is 3.83. The lowest BCUT2D eigenvalue weighted by molar-refractivity contribution is -0.119. The van der Waals surface area contributed by atoms with Crippen molar-refractivity contribution < 1.29 is 23.8 Å². The number of ether oxygens (including phenoxy) is 3. The summed E-state index contributed by atoms with van der Waals surface area (Å²) in [6.07, 6.45) is 0.0823. The summed E-state index contributed by atoms with van der Waals surface area (Å²) in [7, 11) is 3.06. The summed E-state index contributed by atoms with van der Waals surface area (Å²) >= 11 is 0. The average molecular weight is 366 g/mol. The smallest absolute Gasteiger partial charge is 0.408 e. The van der Waals surface area contributed by atoms with Crippen molar-refractivity contribution in [2.24, 2.45) is 5.92 Å². The predicted octanol–water partition coefficient (Wildman–Crippen LogP) is 3.58. The van der Waals surface area contributed by atoms with Crippen LogP contribution >= 0.6 is 0 Å². The fourth-order valence-electron chi connectivity index (χ4n) is 2.26. The van der Waals surface area contributed by atoms with Crippen LogP contribution in [0.5, 0.6) is 11.5 Å². The van der Waals surface area contributed by atoms with Gasteiger partial charge in [0.25, 0.3) is 0 Å². The van der Waals surface area contributed by atoms with Gasteiger partial charge in [-0.25, -0.2) is 4.79 Å². The van der Waals surface area contributed by atoms with Gasteiger partial charge in [0.2, 0.25) is 5.91 Å². The molecule has 26 heavy (non-hydrogen) atoms. The molecule has 146 valence electrons. The topological polar surface area (TPSA) is 85.9 Å². The number of alkyl carbamates (subject to hydrolysis) is 1. The molecular weight excluding hydrogens is 336 g/mol. The van der Waals surface area contributed by atoms with E-state index in [9.17, 15) is 9.59 Å². The highest BCUT2D eigenvalue weighted by Gasteiger charge is 2.29. The summed E-state index contributed by atoms with van der Waals surface area (Å²) in [5, 5.41) is 5.47. The van der Waals surface area contributed by atoms with Gasteiger partial charge in [0.15, 0.2) is 0 Å². The first-order valence-corrected chi connectivity index (χ1v) is 8.63. The number of nitrogens with one attached hydrogen (secondary N) is 2. The van der Waals surface area contributed by atoms with Crippen LogP contribution in [-0.4, -0.2) is 37.9 Å². The minimum Gasteiger partial charge on any atom is -0.497 e. The lowest BCUT2D eigenvalue weighted by Gasteiger charge is -2.26. The number of anilines is 1. The minimum absolute atomic E-state index is 0.0841. The van der Waals surface area contributed by atoms with E-state index in [4.69, 9.17) is 14.2 Å². The molecule has 7 heteroatoms. The Kier molecular flexibility index (Phi) is 7.74. The number of carbonyl (C=O) groups is 2. The molecule has 0 spiro atoms. The molecule has 2 atom stereocenters. The quantitative estimate of drug-likeness (QED) is 0.770. The molecule has 0 saturated carbocycles. The van der Waals surface area contributed by atoms with Gasteiger partial charge < -0.3 is 24.8 Å². The largest absolute Gasteiger partial charge is 0.497 e. The van der Waals surface area contributed by atoms with Crippen molar-refractivity contribution in [1.82, 2.24) is 5.32 Å². The Hall–Kier alpha value is -2.44. The Bertz CT molecular complexity index is 625. The summed E-state index contributed by atoms with van der Waals surface area (Å²) in [6, 6.07) is 4.36. The van der Waals surface area contributed by atoms with Crippen molar-refractivity contribution in [1.29, 1.82) is 0 Å². The van der Waals surface area contributed by atoms with Crippen LogP contribution in [0.15, 0.2) is 18.2 Å². The molecular formula is C19H30N2O5. The van der Waals surface area contributed by atoms with Gasteiger partial charge in [-0.2, -0.15) is 0 Å². The zero-order chi connectivity index (χ0) is 19.9. The first kappa shape index (κ1) is 21.6. The van der Waals surface area contributed by atoms with Crippen LogP contribution < -0.4 is 20.1 Å². The molecule has 0 fully saturated rings. The van der Waals surface area contributed by atoms with E-state index in [2.05, 4.69) is 10.6 Å². The van der Waals surface area contributed by atoms with E-state index in [1.54, 1.807) is 46.1 Å². The van der Waals surface area contributed by atoms with Crippen LogP contribution in [0.4, 0.5) is 10.5 Å². The Morgan fingerprint density at radius 2 is 1.81 bits per heavy atom. The fourth-order valence-corrected chi connectivity index (χ4v) is 2.26. The Labute approximate surface area is 155 Å². The lowest BCUT2D eigenvalue weighted by Crippen LogP contribution is -2.49. The Morgan fingerprint density at radius 3 is 2.31 bits per heavy atom. The minimum atomic E-state index is -0.745. The van der Waals surface area contributed by atoms with E-state index in [0.29, 0.717) is 23.6 Å². The van der Waals surface area contributed by atoms with Gasteiger partial charge in [0.1, 0.15) is 23.1 Å². The van der Waals surface area contributed by atoms with Gasteiger partial charge in [0.05, 0.1) is 19.9 Å². The number of hydrogen-bond acceptors (Lipinski definition) is 5.